The SMILES string of the molecule is CNNCc1ccncc1C. The maximum absolute atomic E-state index is 4.00. The van der Waals surface area contributed by atoms with Gasteiger partial charge < -0.3 is 0 Å². The van der Waals surface area contributed by atoms with Crippen LogP contribution in [0, 0.1) is 6.92 Å². The van der Waals surface area contributed by atoms with E-state index < -0.39 is 0 Å². The largest absolute Gasteiger partial charge is 0.264 e. The Balaban J connectivity index is 2.62. The molecule has 0 saturated carbocycles. The Bertz CT molecular complexity index is 222. The van der Waals surface area contributed by atoms with Gasteiger partial charge in [0.25, 0.3) is 0 Å². The molecule has 0 aromatic carbocycles. The summed E-state index contributed by atoms with van der Waals surface area (Å²) in [5.74, 6) is 0. The lowest BCUT2D eigenvalue weighted by Crippen LogP contribution is -2.26. The summed E-state index contributed by atoms with van der Waals surface area (Å²) in [6.07, 6.45) is 3.67. The van der Waals surface area contributed by atoms with Gasteiger partial charge in [0.05, 0.1) is 0 Å². The summed E-state index contributed by atoms with van der Waals surface area (Å²) in [5.41, 5.74) is 8.39. The summed E-state index contributed by atoms with van der Waals surface area (Å²) in [6, 6.07) is 2.01. The topological polar surface area (TPSA) is 37.0 Å². The van der Waals surface area contributed by atoms with Crippen LogP contribution in [0.15, 0.2) is 18.5 Å². The Morgan fingerprint density at radius 3 is 3.00 bits per heavy atom. The molecule has 0 aliphatic carbocycles. The number of nitrogens with one attached hydrogen (secondary N) is 2. The van der Waals surface area contributed by atoms with Crippen molar-refractivity contribution in [2.75, 3.05) is 7.05 Å². The summed E-state index contributed by atoms with van der Waals surface area (Å²) in [7, 11) is 1.86. The minimum absolute atomic E-state index is 0.838. The molecule has 1 heterocycles. The van der Waals surface area contributed by atoms with Gasteiger partial charge in [0.1, 0.15) is 0 Å². The Labute approximate surface area is 66.8 Å². The molecule has 0 atom stereocenters. The summed E-state index contributed by atoms with van der Waals surface area (Å²) in [5, 5.41) is 0. The van der Waals surface area contributed by atoms with Crippen LogP contribution in [0.25, 0.3) is 0 Å². The molecule has 3 heteroatoms. The molecule has 0 amide bonds. The van der Waals surface area contributed by atoms with Crippen LogP contribution < -0.4 is 10.9 Å². The second-order valence-electron chi connectivity index (χ2n) is 2.41. The first-order valence-electron chi connectivity index (χ1n) is 3.63. The van der Waals surface area contributed by atoms with Gasteiger partial charge in [-0.25, -0.2) is 0 Å². The van der Waals surface area contributed by atoms with E-state index in [4.69, 9.17) is 0 Å². The Hall–Kier alpha value is -0.930. The van der Waals surface area contributed by atoms with Crippen molar-refractivity contribution in [2.24, 2.45) is 0 Å². The average molecular weight is 151 g/mol. The van der Waals surface area contributed by atoms with Crippen molar-refractivity contribution in [3.05, 3.63) is 29.6 Å². The summed E-state index contributed by atoms with van der Waals surface area (Å²) < 4.78 is 0. The van der Waals surface area contributed by atoms with Crippen LogP contribution >= 0.6 is 0 Å². The standard InChI is InChI=1S/C8H13N3/c1-7-5-10-4-3-8(7)6-11-9-2/h3-5,9,11H,6H2,1-2H3. The maximum atomic E-state index is 4.00. The minimum Gasteiger partial charge on any atom is -0.264 e. The number of hydrazine groups is 1. The zero-order chi connectivity index (χ0) is 8.10. The summed E-state index contributed by atoms with van der Waals surface area (Å²) in [4.78, 5) is 4.00. The monoisotopic (exact) mass is 151 g/mol. The maximum Gasteiger partial charge on any atom is 0.0354 e. The molecule has 0 spiro atoms. The normalized spacial score (nSPS) is 10.0. The quantitative estimate of drug-likeness (QED) is 0.622. The van der Waals surface area contributed by atoms with Gasteiger partial charge in [0.2, 0.25) is 0 Å². The van der Waals surface area contributed by atoms with Crippen LogP contribution in [-0.2, 0) is 6.54 Å². The number of hydrogen-bond donors (Lipinski definition) is 2. The highest BCUT2D eigenvalue weighted by Crippen LogP contribution is 2.02. The van der Waals surface area contributed by atoms with Gasteiger partial charge in [-0.1, -0.05) is 0 Å². The second-order valence-corrected chi connectivity index (χ2v) is 2.41. The predicted molar refractivity (Wildman–Crippen MR) is 44.9 cm³/mol. The lowest BCUT2D eigenvalue weighted by Gasteiger charge is -2.04. The first-order chi connectivity index (χ1) is 5.34. The highest BCUT2D eigenvalue weighted by atomic mass is 15.3. The molecule has 0 fully saturated rings. The number of aryl methyl sites for hydroxylation is 1. The average Bonchev–Trinajstić information content (AvgIpc) is 2.03. The number of pyridine rings is 1. The highest BCUT2D eigenvalue weighted by Gasteiger charge is 1.94. The zero-order valence-electron chi connectivity index (χ0n) is 6.89. The van der Waals surface area contributed by atoms with E-state index in [0.29, 0.717) is 0 Å². The van der Waals surface area contributed by atoms with E-state index in [1.165, 1.54) is 11.1 Å². The van der Waals surface area contributed by atoms with E-state index in [2.05, 4.69) is 22.8 Å². The molecule has 3 nitrogen and oxygen atoms in total. The van der Waals surface area contributed by atoms with Crippen molar-refractivity contribution < 1.29 is 0 Å². The molecule has 0 aliphatic heterocycles. The third-order valence-electron chi connectivity index (χ3n) is 1.59. The lowest BCUT2D eigenvalue weighted by atomic mass is 10.2. The third-order valence-corrected chi connectivity index (χ3v) is 1.59. The molecule has 0 bridgehead atoms. The van der Waals surface area contributed by atoms with E-state index in [1.807, 2.05) is 19.3 Å². The number of hydrogen-bond acceptors (Lipinski definition) is 3. The first-order valence-corrected chi connectivity index (χ1v) is 3.63. The van der Waals surface area contributed by atoms with Crippen LogP contribution in [0.2, 0.25) is 0 Å². The molecule has 11 heavy (non-hydrogen) atoms. The van der Waals surface area contributed by atoms with Crippen molar-refractivity contribution in [2.45, 2.75) is 13.5 Å². The van der Waals surface area contributed by atoms with Crippen LogP contribution in [-0.4, -0.2) is 12.0 Å². The molecule has 0 radical (unpaired) electrons. The van der Waals surface area contributed by atoms with Crippen LogP contribution in [0.3, 0.4) is 0 Å². The Kier molecular flexibility index (Phi) is 3.01. The molecule has 0 saturated heterocycles. The summed E-state index contributed by atoms with van der Waals surface area (Å²) >= 11 is 0. The van der Waals surface area contributed by atoms with Crippen LogP contribution in [0.1, 0.15) is 11.1 Å². The number of aromatic nitrogens is 1. The van der Waals surface area contributed by atoms with Crippen molar-refractivity contribution in [1.29, 1.82) is 0 Å². The van der Waals surface area contributed by atoms with Crippen molar-refractivity contribution in [1.82, 2.24) is 15.8 Å². The third kappa shape index (κ3) is 2.29. The van der Waals surface area contributed by atoms with Gasteiger partial charge in [-0.3, -0.25) is 15.8 Å². The highest BCUT2D eigenvalue weighted by molar-refractivity contribution is 5.20. The molecule has 2 N–H and O–H groups in total. The number of nitrogens with zero attached hydrogens (tertiary/aromatic N) is 1. The van der Waals surface area contributed by atoms with E-state index in [-0.39, 0.29) is 0 Å². The summed E-state index contributed by atoms with van der Waals surface area (Å²) in [6.45, 7) is 2.89. The molecule has 1 aromatic heterocycles. The van der Waals surface area contributed by atoms with Gasteiger partial charge in [-0.2, -0.15) is 0 Å². The Morgan fingerprint density at radius 1 is 1.55 bits per heavy atom. The lowest BCUT2D eigenvalue weighted by molar-refractivity contribution is 0.594. The molecular weight excluding hydrogens is 138 g/mol. The molecule has 1 aromatic rings. The number of rotatable bonds is 3. The Morgan fingerprint density at radius 2 is 2.36 bits per heavy atom. The fourth-order valence-electron chi connectivity index (χ4n) is 0.884. The minimum atomic E-state index is 0.838. The van der Waals surface area contributed by atoms with Crippen LogP contribution in [0.4, 0.5) is 0 Å². The van der Waals surface area contributed by atoms with Crippen LogP contribution in [0.5, 0.6) is 0 Å². The van der Waals surface area contributed by atoms with Gasteiger partial charge in [0, 0.05) is 18.9 Å². The molecule has 60 valence electrons. The first kappa shape index (κ1) is 8.17. The fraction of sp³-hybridized carbons (Fsp3) is 0.375. The molecular formula is C8H13N3. The van der Waals surface area contributed by atoms with Gasteiger partial charge >= 0.3 is 0 Å². The van der Waals surface area contributed by atoms with Gasteiger partial charge in [-0.15, -0.1) is 0 Å². The molecule has 0 aliphatic rings. The predicted octanol–water partition coefficient (Wildman–Crippen LogP) is 0.614. The van der Waals surface area contributed by atoms with E-state index in [1.54, 1.807) is 6.20 Å². The smallest absolute Gasteiger partial charge is 0.0354 e. The fourth-order valence-corrected chi connectivity index (χ4v) is 0.884. The van der Waals surface area contributed by atoms with Crippen molar-refractivity contribution >= 4 is 0 Å². The van der Waals surface area contributed by atoms with Gasteiger partial charge in [0.15, 0.2) is 0 Å². The van der Waals surface area contributed by atoms with Crippen molar-refractivity contribution in [3.8, 4) is 0 Å². The van der Waals surface area contributed by atoms with E-state index in [9.17, 15) is 0 Å². The van der Waals surface area contributed by atoms with E-state index in [0.717, 1.165) is 6.54 Å². The van der Waals surface area contributed by atoms with Crippen molar-refractivity contribution in [3.63, 3.8) is 0 Å². The second kappa shape index (κ2) is 4.05. The van der Waals surface area contributed by atoms with E-state index >= 15 is 0 Å². The molecule has 0 unspecified atom stereocenters. The zero-order valence-corrected chi connectivity index (χ0v) is 6.89. The van der Waals surface area contributed by atoms with Gasteiger partial charge in [-0.05, 0) is 31.2 Å². The molecule has 1 rings (SSSR count).